The molecule has 0 aromatic carbocycles. The molecular weight excluding hydrogens is 172 g/mol. The summed E-state index contributed by atoms with van der Waals surface area (Å²) in [4.78, 5) is 9.69. The minimum atomic E-state index is -0.849. The molecule has 2 N–H and O–H groups in total. The molecule has 0 aromatic heterocycles. The summed E-state index contributed by atoms with van der Waals surface area (Å²) >= 11 is 0. The van der Waals surface area contributed by atoms with E-state index in [1.807, 2.05) is 6.92 Å². The van der Waals surface area contributed by atoms with Crippen LogP contribution in [0, 0.1) is 10.1 Å². The quantitative estimate of drug-likeness (QED) is 0.488. The first-order valence-electron chi connectivity index (χ1n) is 4.65. The third kappa shape index (κ3) is 3.28. The van der Waals surface area contributed by atoms with Crippen LogP contribution in [0.15, 0.2) is 0 Å². The summed E-state index contributed by atoms with van der Waals surface area (Å²) in [6.07, 6.45) is 2.10. The Kier molecular flexibility index (Phi) is 3.62. The van der Waals surface area contributed by atoms with Crippen LogP contribution in [-0.4, -0.2) is 34.8 Å². The van der Waals surface area contributed by atoms with Crippen molar-refractivity contribution in [1.82, 2.24) is 5.32 Å². The Bertz CT molecular complexity index is 186. The number of nitro groups is 1. The van der Waals surface area contributed by atoms with Crippen LogP contribution >= 0.6 is 0 Å². The molecule has 3 atom stereocenters. The molecule has 13 heavy (non-hydrogen) atoms. The molecule has 1 aliphatic rings. The maximum atomic E-state index is 10.2. The molecule has 1 saturated heterocycles. The largest absolute Gasteiger partial charge is 0.385 e. The van der Waals surface area contributed by atoms with Crippen molar-refractivity contribution in [3.05, 3.63) is 10.1 Å². The van der Waals surface area contributed by atoms with Gasteiger partial charge in [-0.1, -0.05) is 6.42 Å². The Labute approximate surface area is 77.3 Å². The van der Waals surface area contributed by atoms with Crippen molar-refractivity contribution in [1.29, 1.82) is 0 Å². The SMILES string of the molecule is CC1CCCC(C(O)C[N+](=O)[O-])N1. The second kappa shape index (κ2) is 4.53. The lowest BCUT2D eigenvalue weighted by Crippen LogP contribution is -2.49. The molecule has 0 bridgehead atoms. The lowest BCUT2D eigenvalue weighted by molar-refractivity contribution is -0.491. The van der Waals surface area contributed by atoms with Crippen LogP contribution in [0.2, 0.25) is 0 Å². The van der Waals surface area contributed by atoms with E-state index in [-0.39, 0.29) is 12.6 Å². The number of piperidine rings is 1. The number of hydrogen-bond donors (Lipinski definition) is 2. The fraction of sp³-hybridized carbons (Fsp3) is 1.00. The summed E-state index contributed by atoms with van der Waals surface area (Å²) in [7, 11) is 0. The zero-order valence-electron chi connectivity index (χ0n) is 7.77. The molecule has 1 aliphatic heterocycles. The minimum Gasteiger partial charge on any atom is -0.385 e. The van der Waals surface area contributed by atoms with Crippen LogP contribution in [0.3, 0.4) is 0 Å². The number of rotatable bonds is 3. The third-order valence-corrected chi connectivity index (χ3v) is 2.45. The van der Waals surface area contributed by atoms with Gasteiger partial charge in [0.15, 0.2) is 0 Å². The zero-order valence-corrected chi connectivity index (χ0v) is 7.77. The minimum absolute atomic E-state index is 0.103. The molecule has 0 aromatic rings. The predicted octanol–water partition coefficient (Wildman–Crippen LogP) is 0.155. The van der Waals surface area contributed by atoms with Gasteiger partial charge in [-0.25, -0.2) is 0 Å². The number of aliphatic hydroxyl groups excluding tert-OH is 1. The highest BCUT2D eigenvalue weighted by Crippen LogP contribution is 2.14. The van der Waals surface area contributed by atoms with Gasteiger partial charge in [-0.15, -0.1) is 0 Å². The normalized spacial score (nSPS) is 31.2. The molecule has 76 valence electrons. The van der Waals surface area contributed by atoms with E-state index in [9.17, 15) is 15.2 Å². The van der Waals surface area contributed by atoms with Gasteiger partial charge in [0.1, 0.15) is 6.10 Å². The Balaban J connectivity index is 2.36. The van der Waals surface area contributed by atoms with Crippen LogP contribution in [0.1, 0.15) is 26.2 Å². The Morgan fingerprint density at radius 1 is 1.69 bits per heavy atom. The molecule has 0 amide bonds. The molecule has 0 spiro atoms. The van der Waals surface area contributed by atoms with Crippen LogP contribution in [0.4, 0.5) is 0 Å². The molecule has 5 nitrogen and oxygen atoms in total. The molecule has 1 fully saturated rings. The second-order valence-electron chi connectivity index (χ2n) is 3.69. The maximum absolute atomic E-state index is 10.2. The number of nitrogens with one attached hydrogen (secondary N) is 1. The summed E-state index contributed by atoms with van der Waals surface area (Å²) in [6, 6.07) is 0.259. The van der Waals surface area contributed by atoms with E-state index in [2.05, 4.69) is 5.32 Å². The van der Waals surface area contributed by atoms with Gasteiger partial charge in [-0.3, -0.25) is 10.1 Å². The number of hydrogen-bond acceptors (Lipinski definition) is 4. The first kappa shape index (κ1) is 10.4. The Morgan fingerprint density at radius 3 is 2.92 bits per heavy atom. The van der Waals surface area contributed by atoms with Crippen LogP contribution in [0.25, 0.3) is 0 Å². The van der Waals surface area contributed by atoms with Gasteiger partial charge in [0.05, 0.1) is 0 Å². The van der Waals surface area contributed by atoms with Gasteiger partial charge >= 0.3 is 0 Å². The molecule has 3 unspecified atom stereocenters. The molecular formula is C8H16N2O3. The standard InChI is InChI=1S/C8H16N2O3/c1-6-3-2-4-7(9-6)8(11)5-10(12)13/h6-9,11H,2-5H2,1H3. The van der Waals surface area contributed by atoms with Gasteiger partial charge in [0, 0.05) is 17.0 Å². The van der Waals surface area contributed by atoms with Crippen LogP contribution in [-0.2, 0) is 0 Å². The van der Waals surface area contributed by atoms with Gasteiger partial charge in [-0.05, 0) is 19.8 Å². The highest BCUT2D eigenvalue weighted by Gasteiger charge is 2.27. The van der Waals surface area contributed by atoms with Gasteiger partial charge in [-0.2, -0.15) is 0 Å². The predicted molar refractivity (Wildman–Crippen MR) is 48.1 cm³/mol. The molecule has 1 rings (SSSR count). The van der Waals surface area contributed by atoms with E-state index in [1.165, 1.54) is 0 Å². The summed E-state index contributed by atoms with van der Waals surface area (Å²) in [6.45, 7) is 1.68. The molecule has 0 saturated carbocycles. The van der Waals surface area contributed by atoms with E-state index >= 15 is 0 Å². The maximum Gasteiger partial charge on any atom is 0.230 e. The average Bonchev–Trinajstić information content (AvgIpc) is 2.03. The van der Waals surface area contributed by atoms with Crippen molar-refractivity contribution < 1.29 is 10.0 Å². The highest BCUT2D eigenvalue weighted by molar-refractivity contribution is 4.82. The average molecular weight is 188 g/mol. The Morgan fingerprint density at radius 2 is 2.38 bits per heavy atom. The third-order valence-electron chi connectivity index (χ3n) is 2.45. The monoisotopic (exact) mass is 188 g/mol. The number of nitrogens with zero attached hydrogens (tertiary/aromatic N) is 1. The van der Waals surface area contributed by atoms with E-state index in [1.54, 1.807) is 0 Å². The van der Waals surface area contributed by atoms with Gasteiger partial charge in [0.25, 0.3) is 0 Å². The van der Waals surface area contributed by atoms with Gasteiger partial charge in [0.2, 0.25) is 6.54 Å². The number of aliphatic hydroxyl groups is 1. The van der Waals surface area contributed by atoms with Crippen molar-refractivity contribution >= 4 is 0 Å². The van der Waals surface area contributed by atoms with Crippen molar-refractivity contribution in [2.45, 2.75) is 44.4 Å². The van der Waals surface area contributed by atoms with Crippen molar-refractivity contribution in [2.75, 3.05) is 6.54 Å². The smallest absolute Gasteiger partial charge is 0.230 e. The summed E-state index contributed by atoms with van der Waals surface area (Å²) < 4.78 is 0. The Hall–Kier alpha value is -0.680. The van der Waals surface area contributed by atoms with E-state index < -0.39 is 11.0 Å². The molecule has 0 aliphatic carbocycles. The first-order chi connectivity index (χ1) is 6.09. The second-order valence-corrected chi connectivity index (χ2v) is 3.69. The highest BCUT2D eigenvalue weighted by atomic mass is 16.6. The lowest BCUT2D eigenvalue weighted by Gasteiger charge is -2.30. The van der Waals surface area contributed by atoms with Crippen molar-refractivity contribution in [2.24, 2.45) is 0 Å². The van der Waals surface area contributed by atoms with E-state index in [0.717, 1.165) is 19.3 Å². The fourth-order valence-corrected chi connectivity index (χ4v) is 1.76. The fourth-order valence-electron chi connectivity index (χ4n) is 1.76. The summed E-state index contributed by atoms with van der Waals surface area (Å²) in [5.74, 6) is 0. The molecule has 5 heteroatoms. The lowest BCUT2D eigenvalue weighted by atomic mass is 9.96. The van der Waals surface area contributed by atoms with Gasteiger partial charge < -0.3 is 10.4 Å². The zero-order chi connectivity index (χ0) is 9.84. The van der Waals surface area contributed by atoms with Crippen LogP contribution < -0.4 is 5.32 Å². The molecule has 0 radical (unpaired) electrons. The van der Waals surface area contributed by atoms with Crippen LogP contribution in [0.5, 0.6) is 0 Å². The summed E-state index contributed by atoms with van der Waals surface area (Å²) in [5, 5.41) is 22.8. The first-order valence-corrected chi connectivity index (χ1v) is 4.65. The summed E-state index contributed by atoms with van der Waals surface area (Å²) in [5.41, 5.74) is 0. The van der Waals surface area contributed by atoms with E-state index in [4.69, 9.17) is 0 Å². The van der Waals surface area contributed by atoms with E-state index in [0.29, 0.717) is 6.04 Å². The van der Waals surface area contributed by atoms with Crippen molar-refractivity contribution in [3.63, 3.8) is 0 Å². The topological polar surface area (TPSA) is 75.4 Å². The molecule has 1 heterocycles. The van der Waals surface area contributed by atoms with Crippen molar-refractivity contribution in [3.8, 4) is 0 Å².